The van der Waals surface area contributed by atoms with E-state index in [9.17, 15) is 14.4 Å². The van der Waals surface area contributed by atoms with Crippen LogP contribution in [-0.2, 0) is 4.79 Å². The molecule has 0 aliphatic carbocycles. The van der Waals surface area contributed by atoms with Gasteiger partial charge >= 0.3 is 5.97 Å². The highest BCUT2D eigenvalue weighted by molar-refractivity contribution is 6.26. The first-order valence-electron chi connectivity index (χ1n) is 12.4. The summed E-state index contributed by atoms with van der Waals surface area (Å²) in [4.78, 5) is 38.2. The minimum Gasteiger partial charge on any atom is -0.481 e. The van der Waals surface area contributed by atoms with Gasteiger partial charge in [-0.1, -0.05) is 64.0 Å². The molecule has 178 valence electrons. The highest BCUT2D eigenvalue weighted by Gasteiger charge is 2.32. The zero-order valence-corrected chi connectivity index (χ0v) is 19.7. The summed E-state index contributed by atoms with van der Waals surface area (Å²) in [5, 5.41) is 13.9. The van der Waals surface area contributed by atoms with E-state index in [1.807, 2.05) is 24.3 Å². The lowest BCUT2D eigenvalue weighted by Crippen LogP contribution is -2.40. The largest absolute Gasteiger partial charge is 0.481 e. The van der Waals surface area contributed by atoms with Crippen molar-refractivity contribution in [3.05, 3.63) is 41.5 Å². The van der Waals surface area contributed by atoms with Gasteiger partial charge in [-0.15, -0.1) is 0 Å². The molecule has 0 saturated carbocycles. The second kappa shape index (κ2) is 12.4. The minimum absolute atomic E-state index is 0.159. The number of aliphatic carboxylic acids is 1. The number of rotatable bonds is 15. The second-order valence-electron chi connectivity index (χ2n) is 8.90. The molecular weight excluding hydrogens is 416 g/mol. The Morgan fingerprint density at radius 3 is 2.27 bits per heavy atom. The Labute approximate surface area is 196 Å². The molecule has 0 radical (unpaired) electrons. The number of nitrogens with zero attached hydrogens (tertiary/aromatic N) is 1. The van der Waals surface area contributed by atoms with E-state index < -0.39 is 5.97 Å². The summed E-state index contributed by atoms with van der Waals surface area (Å²) in [6.45, 7) is 3.46. The van der Waals surface area contributed by atoms with Crippen LogP contribution in [0.4, 0.5) is 5.69 Å². The van der Waals surface area contributed by atoms with Gasteiger partial charge in [0.15, 0.2) is 0 Å². The van der Waals surface area contributed by atoms with Crippen LogP contribution >= 0.6 is 0 Å². The average molecular weight is 453 g/mol. The van der Waals surface area contributed by atoms with Crippen molar-refractivity contribution in [1.29, 1.82) is 0 Å². The molecule has 0 spiro atoms. The molecule has 0 atom stereocenters. The van der Waals surface area contributed by atoms with Crippen molar-refractivity contribution in [1.82, 2.24) is 4.90 Å². The molecule has 0 unspecified atom stereocenters. The van der Waals surface area contributed by atoms with Gasteiger partial charge in [-0.25, -0.2) is 0 Å². The normalized spacial score (nSPS) is 13.1. The van der Waals surface area contributed by atoms with E-state index in [0.29, 0.717) is 30.5 Å². The predicted molar refractivity (Wildman–Crippen MR) is 132 cm³/mol. The molecule has 0 bridgehead atoms. The molecule has 33 heavy (non-hydrogen) atoms. The maximum absolute atomic E-state index is 13.1. The first-order valence-corrected chi connectivity index (χ1v) is 12.4. The predicted octanol–water partition coefficient (Wildman–Crippen LogP) is 6.24. The number of carbonyl (C=O) groups is 3. The minimum atomic E-state index is -0.790. The summed E-state index contributed by atoms with van der Waals surface area (Å²) in [7, 11) is 0. The number of carbonyl (C=O) groups excluding carboxylic acids is 2. The summed E-state index contributed by atoms with van der Waals surface area (Å²) in [6, 6.07) is 9.46. The number of carboxylic acid groups (broad SMARTS) is 1. The number of amides is 2. The fraction of sp³-hybridized carbons (Fsp3) is 0.519. The molecule has 0 aromatic heterocycles. The standard InChI is InChI=1S/C27H36N2O4/c1-2-3-4-5-7-10-18-28-23-17-16-22-25-20(23)13-12-14-21(25)26(32)29(27(22)33)19-11-8-6-9-15-24(30)31/h12-14,16-17,28H,2-11,15,18-19H2,1H3,(H,30,31). The third kappa shape index (κ3) is 6.34. The summed E-state index contributed by atoms with van der Waals surface area (Å²) >= 11 is 0. The van der Waals surface area contributed by atoms with Crippen LogP contribution in [0.3, 0.4) is 0 Å². The summed E-state index contributed by atoms with van der Waals surface area (Å²) in [5.74, 6) is -1.27. The molecule has 6 heteroatoms. The van der Waals surface area contributed by atoms with Gasteiger partial charge in [0.05, 0.1) is 0 Å². The molecule has 0 saturated heterocycles. The molecule has 1 aliphatic heterocycles. The van der Waals surface area contributed by atoms with Gasteiger partial charge in [-0.3, -0.25) is 19.3 Å². The van der Waals surface area contributed by atoms with Gasteiger partial charge in [-0.05, 0) is 37.5 Å². The Balaban J connectivity index is 1.63. The van der Waals surface area contributed by atoms with Crippen molar-refractivity contribution < 1.29 is 19.5 Å². The fourth-order valence-corrected chi connectivity index (χ4v) is 4.53. The smallest absolute Gasteiger partial charge is 0.303 e. The Morgan fingerprint density at radius 2 is 1.52 bits per heavy atom. The van der Waals surface area contributed by atoms with Gasteiger partial charge in [-0.2, -0.15) is 0 Å². The van der Waals surface area contributed by atoms with E-state index in [4.69, 9.17) is 5.11 Å². The lowest BCUT2D eigenvalue weighted by atomic mass is 9.92. The number of anilines is 1. The van der Waals surface area contributed by atoms with Crippen LogP contribution in [0.5, 0.6) is 0 Å². The molecule has 1 aliphatic rings. The number of imide groups is 1. The van der Waals surface area contributed by atoms with Crippen LogP contribution in [0.15, 0.2) is 30.3 Å². The van der Waals surface area contributed by atoms with Gasteiger partial charge in [0, 0.05) is 47.1 Å². The van der Waals surface area contributed by atoms with E-state index in [2.05, 4.69) is 12.2 Å². The molecule has 0 fully saturated rings. The van der Waals surface area contributed by atoms with Crippen molar-refractivity contribution in [2.24, 2.45) is 0 Å². The van der Waals surface area contributed by atoms with Crippen LogP contribution in [0.2, 0.25) is 0 Å². The number of hydrogen-bond donors (Lipinski definition) is 2. The molecule has 3 rings (SSSR count). The first kappa shape index (κ1) is 24.7. The van der Waals surface area contributed by atoms with Gasteiger partial charge < -0.3 is 10.4 Å². The fourth-order valence-electron chi connectivity index (χ4n) is 4.53. The number of unbranched alkanes of at least 4 members (excludes halogenated alkanes) is 8. The monoisotopic (exact) mass is 452 g/mol. The topological polar surface area (TPSA) is 86.7 Å². The Bertz CT molecular complexity index is 963. The van der Waals surface area contributed by atoms with Crippen LogP contribution in [0.1, 0.15) is 98.3 Å². The first-order chi connectivity index (χ1) is 16.0. The summed E-state index contributed by atoms with van der Waals surface area (Å²) in [6.07, 6.45) is 10.4. The van der Waals surface area contributed by atoms with Crippen molar-refractivity contribution in [3.8, 4) is 0 Å². The van der Waals surface area contributed by atoms with Gasteiger partial charge in [0.25, 0.3) is 11.8 Å². The quantitative estimate of drug-likeness (QED) is 0.247. The lowest BCUT2D eigenvalue weighted by molar-refractivity contribution is -0.137. The third-order valence-corrected chi connectivity index (χ3v) is 6.36. The van der Waals surface area contributed by atoms with Crippen molar-refractivity contribution in [3.63, 3.8) is 0 Å². The lowest BCUT2D eigenvalue weighted by Gasteiger charge is -2.28. The molecule has 2 aromatic rings. The van der Waals surface area contributed by atoms with Crippen molar-refractivity contribution >= 4 is 34.2 Å². The second-order valence-corrected chi connectivity index (χ2v) is 8.90. The molecule has 1 heterocycles. The molecule has 2 aromatic carbocycles. The summed E-state index contributed by atoms with van der Waals surface area (Å²) < 4.78 is 0. The molecule has 2 amide bonds. The highest BCUT2D eigenvalue weighted by atomic mass is 16.4. The van der Waals surface area contributed by atoms with E-state index in [1.165, 1.54) is 37.0 Å². The van der Waals surface area contributed by atoms with Crippen molar-refractivity contribution in [2.45, 2.75) is 77.6 Å². The molecule has 6 nitrogen and oxygen atoms in total. The van der Waals surface area contributed by atoms with Gasteiger partial charge in [0.2, 0.25) is 0 Å². The SMILES string of the molecule is CCCCCCCCNc1ccc2c3c(cccc13)C(=O)N(CCCCCCC(=O)O)C2=O. The highest BCUT2D eigenvalue weighted by Crippen LogP contribution is 2.34. The Morgan fingerprint density at radius 1 is 0.848 bits per heavy atom. The Kier molecular flexibility index (Phi) is 9.28. The number of carboxylic acids is 1. The third-order valence-electron chi connectivity index (χ3n) is 6.36. The maximum atomic E-state index is 13.1. The van der Waals surface area contributed by atoms with E-state index >= 15 is 0 Å². The van der Waals surface area contributed by atoms with Crippen LogP contribution in [0.25, 0.3) is 10.8 Å². The van der Waals surface area contributed by atoms with Crippen LogP contribution < -0.4 is 5.32 Å². The van der Waals surface area contributed by atoms with Gasteiger partial charge in [0.1, 0.15) is 0 Å². The maximum Gasteiger partial charge on any atom is 0.303 e. The number of hydrogen-bond acceptors (Lipinski definition) is 4. The van der Waals surface area contributed by atoms with E-state index in [1.54, 1.807) is 6.07 Å². The van der Waals surface area contributed by atoms with E-state index in [0.717, 1.165) is 42.3 Å². The zero-order valence-electron chi connectivity index (χ0n) is 19.7. The molecule has 2 N–H and O–H groups in total. The number of nitrogens with one attached hydrogen (secondary N) is 1. The molecular formula is C27H36N2O4. The Hall–Kier alpha value is -2.89. The average Bonchev–Trinajstić information content (AvgIpc) is 2.81. The van der Waals surface area contributed by atoms with Crippen molar-refractivity contribution in [2.75, 3.05) is 18.4 Å². The van der Waals surface area contributed by atoms with Crippen LogP contribution in [-0.4, -0.2) is 40.9 Å². The van der Waals surface area contributed by atoms with E-state index in [-0.39, 0.29) is 18.2 Å². The summed E-state index contributed by atoms with van der Waals surface area (Å²) in [5.41, 5.74) is 2.13. The zero-order chi connectivity index (χ0) is 23.6. The number of benzene rings is 2. The van der Waals surface area contributed by atoms with Crippen LogP contribution in [0, 0.1) is 0 Å².